The lowest BCUT2D eigenvalue weighted by Gasteiger charge is -2.12. The van der Waals surface area contributed by atoms with E-state index in [-0.39, 0.29) is 48.1 Å². The van der Waals surface area contributed by atoms with Gasteiger partial charge in [0, 0.05) is 32.1 Å². The van der Waals surface area contributed by atoms with Gasteiger partial charge in [-0.1, -0.05) is 0 Å². The van der Waals surface area contributed by atoms with E-state index in [2.05, 4.69) is 25.7 Å². The Labute approximate surface area is 155 Å². The van der Waals surface area contributed by atoms with Crippen molar-refractivity contribution in [3.05, 3.63) is 0 Å². The molecule has 0 aromatic heterocycles. The molecule has 8 nitrogen and oxygen atoms in total. The first-order valence-corrected chi connectivity index (χ1v) is 9.41. The number of hydrogen-bond acceptors (Lipinski definition) is 4. The normalized spacial score (nSPS) is 14.8. The maximum absolute atomic E-state index is 11.5. The molecule has 1 rings (SSSR count). The van der Waals surface area contributed by atoms with Crippen molar-refractivity contribution in [3.63, 3.8) is 0 Å². The first-order chi connectivity index (χ1) is 10.5. The van der Waals surface area contributed by atoms with Crippen LogP contribution in [0.25, 0.3) is 0 Å². The van der Waals surface area contributed by atoms with Gasteiger partial charge in [0.25, 0.3) is 0 Å². The number of halogens is 1. The van der Waals surface area contributed by atoms with Crippen LogP contribution in [0.5, 0.6) is 0 Å². The molecule has 0 aromatic rings. The van der Waals surface area contributed by atoms with E-state index in [1.54, 1.807) is 6.92 Å². The molecule has 0 radical (unpaired) electrons. The van der Waals surface area contributed by atoms with Crippen LogP contribution in [0.15, 0.2) is 4.99 Å². The number of hydrogen-bond donors (Lipinski definition) is 4. The van der Waals surface area contributed by atoms with Gasteiger partial charge < -0.3 is 16.0 Å². The molecule has 1 amide bonds. The van der Waals surface area contributed by atoms with E-state index in [0.717, 1.165) is 12.8 Å². The van der Waals surface area contributed by atoms with Gasteiger partial charge in [-0.2, -0.15) is 0 Å². The van der Waals surface area contributed by atoms with E-state index in [0.29, 0.717) is 32.1 Å². The number of aliphatic imine (C=N–C) groups is 1. The van der Waals surface area contributed by atoms with Crippen LogP contribution in [0.3, 0.4) is 0 Å². The zero-order valence-electron chi connectivity index (χ0n) is 13.7. The highest BCUT2D eigenvalue weighted by Gasteiger charge is 2.28. The van der Waals surface area contributed by atoms with Gasteiger partial charge in [-0.05, 0) is 26.7 Å². The molecular formula is C13H28IN5O3S. The summed E-state index contributed by atoms with van der Waals surface area (Å²) in [6.07, 6.45) is 1.99. The fraction of sp³-hybridized carbons (Fsp3) is 0.846. The van der Waals surface area contributed by atoms with Crippen LogP contribution >= 0.6 is 24.0 Å². The van der Waals surface area contributed by atoms with Crippen LogP contribution in [0.1, 0.15) is 26.7 Å². The standard InChI is InChI=1S/C13H27N5O3S.HI/c1-3-14-13(17-9-10-18-22(20,21)4-2)16-8-7-15-12(19)11-5-6-11;/h11,18H,3-10H2,1-2H3,(H,15,19)(H2,14,16,17);1H. The Bertz CT molecular complexity index is 480. The Morgan fingerprint density at radius 2 is 1.74 bits per heavy atom. The summed E-state index contributed by atoms with van der Waals surface area (Å²) < 4.78 is 25.0. The van der Waals surface area contributed by atoms with Crippen LogP contribution in [0.2, 0.25) is 0 Å². The highest BCUT2D eigenvalue weighted by molar-refractivity contribution is 14.0. The highest BCUT2D eigenvalue weighted by Crippen LogP contribution is 2.28. The minimum Gasteiger partial charge on any atom is -0.357 e. The highest BCUT2D eigenvalue weighted by atomic mass is 127. The predicted molar refractivity (Wildman–Crippen MR) is 103 cm³/mol. The zero-order valence-corrected chi connectivity index (χ0v) is 16.9. The average molecular weight is 461 g/mol. The first kappa shape index (κ1) is 22.4. The third-order valence-corrected chi connectivity index (χ3v) is 4.50. The van der Waals surface area contributed by atoms with Crippen LogP contribution in [-0.4, -0.2) is 58.8 Å². The minimum absolute atomic E-state index is 0. The van der Waals surface area contributed by atoms with Gasteiger partial charge >= 0.3 is 0 Å². The molecule has 0 aliphatic heterocycles. The average Bonchev–Trinajstić information content (AvgIpc) is 3.32. The van der Waals surface area contributed by atoms with E-state index < -0.39 is 10.0 Å². The van der Waals surface area contributed by atoms with Gasteiger partial charge in [0.1, 0.15) is 0 Å². The molecular weight excluding hydrogens is 433 g/mol. The first-order valence-electron chi connectivity index (χ1n) is 7.75. The molecule has 0 heterocycles. The predicted octanol–water partition coefficient (Wildman–Crippen LogP) is -0.375. The quantitative estimate of drug-likeness (QED) is 0.154. The lowest BCUT2D eigenvalue weighted by Crippen LogP contribution is -2.42. The third kappa shape index (κ3) is 10.7. The van der Waals surface area contributed by atoms with Gasteiger partial charge in [-0.3, -0.25) is 9.79 Å². The second-order valence-corrected chi connectivity index (χ2v) is 7.15. The van der Waals surface area contributed by atoms with Gasteiger partial charge in [0.15, 0.2) is 5.96 Å². The number of amides is 1. The fourth-order valence-electron chi connectivity index (χ4n) is 1.67. The van der Waals surface area contributed by atoms with Gasteiger partial charge in [-0.25, -0.2) is 13.1 Å². The number of carbonyl (C=O) groups excluding carboxylic acids is 1. The number of sulfonamides is 1. The smallest absolute Gasteiger partial charge is 0.223 e. The summed E-state index contributed by atoms with van der Waals surface area (Å²) in [7, 11) is -3.17. The number of nitrogens with one attached hydrogen (secondary N) is 4. The lowest BCUT2D eigenvalue weighted by atomic mass is 10.4. The van der Waals surface area contributed by atoms with Gasteiger partial charge in [-0.15, -0.1) is 24.0 Å². The van der Waals surface area contributed by atoms with Crippen molar-refractivity contribution in [2.24, 2.45) is 10.9 Å². The van der Waals surface area contributed by atoms with E-state index in [1.165, 1.54) is 0 Å². The van der Waals surface area contributed by atoms with E-state index in [1.807, 2.05) is 6.92 Å². The maximum Gasteiger partial charge on any atom is 0.223 e. The molecule has 23 heavy (non-hydrogen) atoms. The summed E-state index contributed by atoms with van der Waals surface area (Å²) in [4.78, 5) is 15.7. The summed E-state index contributed by atoms with van der Waals surface area (Å²) in [6.45, 7) is 5.99. The Balaban J connectivity index is 0.00000484. The monoisotopic (exact) mass is 461 g/mol. The molecule has 1 aliphatic rings. The van der Waals surface area contributed by atoms with Crippen molar-refractivity contribution >= 4 is 45.9 Å². The molecule has 4 N–H and O–H groups in total. The van der Waals surface area contributed by atoms with Crippen molar-refractivity contribution in [3.8, 4) is 0 Å². The Morgan fingerprint density at radius 1 is 1.09 bits per heavy atom. The molecule has 1 fully saturated rings. The SMILES string of the molecule is CCNC(=NCCNS(=O)(=O)CC)NCCNC(=O)C1CC1.I. The maximum atomic E-state index is 11.5. The molecule has 0 bridgehead atoms. The second kappa shape index (κ2) is 11.8. The van der Waals surface area contributed by atoms with E-state index in [4.69, 9.17) is 0 Å². The van der Waals surface area contributed by atoms with Crippen molar-refractivity contribution in [2.75, 3.05) is 38.5 Å². The van der Waals surface area contributed by atoms with E-state index in [9.17, 15) is 13.2 Å². The molecule has 0 unspecified atom stereocenters. The van der Waals surface area contributed by atoms with Crippen molar-refractivity contribution in [2.45, 2.75) is 26.7 Å². The second-order valence-electron chi connectivity index (χ2n) is 5.05. The third-order valence-electron chi connectivity index (χ3n) is 3.09. The summed E-state index contributed by atoms with van der Waals surface area (Å²) in [5.41, 5.74) is 0. The molecule has 136 valence electrons. The van der Waals surface area contributed by atoms with Crippen molar-refractivity contribution in [1.82, 2.24) is 20.7 Å². The summed E-state index contributed by atoms with van der Waals surface area (Å²) in [6, 6.07) is 0. The zero-order chi connectivity index (χ0) is 16.4. The Hall–Kier alpha value is -0.620. The summed E-state index contributed by atoms with van der Waals surface area (Å²) >= 11 is 0. The van der Waals surface area contributed by atoms with Gasteiger partial charge in [0.05, 0.1) is 12.3 Å². The Kier molecular flexibility index (Phi) is 11.5. The van der Waals surface area contributed by atoms with Crippen LogP contribution in [0.4, 0.5) is 0 Å². The number of guanidine groups is 1. The van der Waals surface area contributed by atoms with Crippen LogP contribution in [-0.2, 0) is 14.8 Å². The van der Waals surface area contributed by atoms with Crippen molar-refractivity contribution < 1.29 is 13.2 Å². The van der Waals surface area contributed by atoms with Gasteiger partial charge in [0.2, 0.25) is 15.9 Å². The van der Waals surface area contributed by atoms with Crippen LogP contribution < -0.4 is 20.7 Å². The van der Waals surface area contributed by atoms with E-state index >= 15 is 0 Å². The fourth-order valence-corrected chi connectivity index (χ4v) is 2.28. The molecule has 0 atom stereocenters. The Morgan fingerprint density at radius 3 is 2.30 bits per heavy atom. The lowest BCUT2D eigenvalue weighted by molar-refractivity contribution is -0.122. The molecule has 0 spiro atoms. The number of nitrogens with zero attached hydrogens (tertiary/aromatic N) is 1. The van der Waals surface area contributed by atoms with Crippen molar-refractivity contribution in [1.29, 1.82) is 0 Å². The largest absolute Gasteiger partial charge is 0.357 e. The van der Waals surface area contributed by atoms with Crippen LogP contribution in [0, 0.1) is 5.92 Å². The molecule has 1 saturated carbocycles. The number of carbonyl (C=O) groups is 1. The summed E-state index contributed by atoms with van der Waals surface area (Å²) in [5.74, 6) is 1.01. The molecule has 0 saturated heterocycles. The molecule has 0 aromatic carbocycles. The minimum atomic E-state index is -3.17. The topological polar surface area (TPSA) is 112 Å². The molecule has 1 aliphatic carbocycles. The molecule has 10 heteroatoms. The number of rotatable bonds is 10. The summed E-state index contributed by atoms with van der Waals surface area (Å²) in [5, 5.41) is 9.02.